The van der Waals surface area contributed by atoms with E-state index in [-0.39, 0.29) is 0 Å². The van der Waals surface area contributed by atoms with Crippen LogP contribution in [-0.4, -0.2) is 11.5 Å². The molecule has 0 aliphatic carbocycles. The maximum Gasteiger partial charge on any atom is 0.144 e. The molecule has 3 heteroatoms. The molecule has 0 fully saturated rings. The summed E-state index contributed by atoms with van der Waals surface area (Å²) in [6.45, 7) is 2.47. The first kappa shape index (κ1) is 10.0. The van der Waals surface area contributed by atoms with Crippen LogP contribution in [0, 0.1) is 18.8 Å². The van der Waals surface area contributed by atoms with Crippen molar-refractivity contribution >= 4 is 11.6 Å². The number of nitrogens with two attached hydrogens (primary N) is 1. The molecule has 0 atom stereocenters. The van der Waals surface area contributed by atoms with Gasteiger partial charge in [0, 0.05) is 18.7 Å². The summed E-state index contributed by atoms with van der Waals surface area (Å²) in [5, 5.41) is 0.463. The summed E-state index contributed by atoms with van der Waals surface area (Å²) < 4.78 is 0. The molecule has 1 rings (SSSR count). The number of aryl methyl sites for hydroxylation is 1. The second kappa shape index (κ2) is 4.86. The van der Waals surface area contributed by atoms with Crippen LogP contribution in [0.5, 0.6) is 0 Å². The summed E-state index contributed by atoms with van der Waals surface area (Å²) in [6, 6.07) is 3.76. The Morgan fingerprint density at radius 1 is 1.54 bits per heavy atom. The third kappa shape index (κ3) is 3.06. The molecule has 0 amide bonds. The number of hydrogen-bond donors (Lipinski definition) is 1. The zero-order valence-electron chi connectivity index (χ0n) is 7.47. The lowest BCUT2D eigenvalue weighted by molar-refractivity contribution is 1.03. The number of nitrogens with zero attached hydrogens (tertiary/aromatic N) is 1. The fourth-order valence-corrected chi connectivity index (χ4v) is 1.09. The molecule has 1 heterocycles. The fraction of sp³-hybridized carbons (Fsp3) is 0.300. The highest BCUT2D eigenvalue weighted by Crippen LogP contribution is 2.11. The first-order chi connectivity index (χ1) is 6.24. The quantitative estimate of drug-likeness (QED) is 0.547. The van der Waals surface area contributed by atoms with Crippen molar-refractivity contribution in [1.29, 1.82) is 0 Å². The van der Waals surface area contributed by atoms with Crippen LogP contribution in [0.4, 0.5) is 0 Å². The molecule has 0 aromatic carbocycles. The largest absolute Gasteiger partial charge is 0.330 e. The molecule has 0 aliphatic heterocycles. The summed E-state index contributed by atoms with van der Waals surface area (Å²) in [6.07, 6.45) is 0.685. The van der Waals surface area contributed by atoms with Crippen molar-refractivity contribution in [2.75, 3.05) is 6.54 Å². The summed E-state index contributed by atoms with van der Waals surface area (Å²) in [5.41, 5.74) is 6.97. The average molecular weight is 195 g/mol. The van der Waals surface area contributed by atoms with Gasteiger partial charge in [-0.1, -0.05) is 23.4 Å². The number of hydrogen-bond acceptors (Lipinski definition) is 2. The first-order valence-electron chi connectivity index (χ1n) is 4.06. The SMILES string of the molecule is Cc1ccc(C#CCCN)c(Cl)n1. The van der Waals surface area contributed by atoms with Gasteiger partial charge in [-0.3, -0.25) is 0 Å². The van der Waals surface area contributed by atoms with Gasteiger partial charge in [0.05, 0.1) is 5.56 Å². The molecule has 0 unspecified atom stereocenters. The van der Waals surface area contributed by atoms with Gasteiger partial charge in [0.2, 0.25) is 0 Å². The third-order valence-electron chi connectivity index (χ3n) is 1.48. The van der Waals surface area contributed by atoms with Crippen LogP contribution in [0.2, 0.25) is 5.15 Å². The predicted octanol–water partition coefficient (Wildman–Crippen LogP) is 1.74. The number of rotatable bonds is 1. The van der Waals surface area contributed by atoms with E-state index in [4.69, 9.17) is 17.3 Å². The van der Waals surface area contributed by atoms with Gasteiger partial charge in [-0.05, 0) is 19.1 Å². The zero-order valence-corrected chi connectivity index (χ0v) is 8.23. The Labute approximate surface area is 83.1 Å². The van der Waals surface area contributed by atoms with Crippen LogP contribution in [-0.2, 0) is 0 Å². The molecule has 1 aromatic rings. The maximum absolute atomic E-state index is 5.86. The molecular weight excluding hydrogens is 184 g/mol. The summed E-state index contributed by atoms with van der Waals surface area (Å²) in [4.78, 5) is 4.08. The van der Waals surface area contributed by atoms with Crippen molar-refractivity contribution in [2.45, 2.75) is 13.3 Å². The molecule has 0 radical (unpaired) electrons. The van der Waals surface area contributed by atoms with Gasteiger partial charge in [0.15, 0.2) is 0 Å². The average Bonchev–Trinajstić information content (AvgIpc) is 2.09. The lowest BCUT2D eigenvalue weighted by Gasteiger charge is -1.95. The zero-order chi connectivity index (χ0) is 9.68. The summed E-state index contributed by atoms with van der Waals surface area (Å²) >= 11 is 5.86. The number of aromatic nitrogens is 1. The molecule has 68 valence electrons. The molecule has 13 heavy (non-hydrogen) atoms. The lowest BCUT2D eigenvalue weighted by atomic mass is 10.2. The Kier molecular flexibility index (Phi) is 3.75. The van der Waals surface area contributed by atoms with E-state index in [9.17, 15) is 0 Å². The lowest BCUT2D eigenvalue weighted by Crippen LogP contribution is -1.95. The van der Waals surface area contributed by atoms with Gasteiger partial charge in [-0.15, -0.1) is 0 Å². The molecule has 0 saturated heterocycles. The van der Waals surface area contributed by atoms with Crippen molar-refractivity contribution < 1.29 is 0 Å². The van der Waals surface area contributed by atoms with Crippen LogP contribution in [0.15, 0.2) is 12.1 Å². The van der Waals surface area contributed by atoms with Crippen molar-refractivity contribution in [1.82, 2.24) is 4.98 Å². The minimum absolute atomic E-state index is 0.463. The Morgan fingerprint density at radius 3 is 2.92 bits per heavy atom. The van der Waals surface area contributed by atoms with E-state index in [0.29, 0.717) is 18.1 Å². The number of pyridine rings is 1. The highest BCUT2D eigenvalue weighted by atomic mass is 35.5. The standard InChI is InChI=1S/C10H11ClN2/c1-8-5-6-9(10(11)13-8)4-2-3-7-12/h5-6H,3,7,12H2,1H3. The molecule has 1 aromatic heterocycles. The van der Waals surface area contributed by atoms with Gasteiger partial charge >= 0.3 is 0 Å². The topological polar surface area (TPSA) is 38.9 Å². The second-order valence-electron chi connectivity index (χ2n) is 2.63. The summed E-state index contributed by atoms with van der Waals surface area (Å²) in [7, 11) is 0. The maximum atomic E-state index is 5.86. The Balaban J connectivity index is 2.85. The molecule has 0 saturated carbocycles. The van der Waals surface area contributed by atoms with Gasteiger partial charge in [0.1, 0.15) is 5.15 Å². The van der Waals surface area contributed by atoms with E-state index in [1.807, 2.05) is 19.1 Å². The van der Waals surface area contributed by atoms with E-state index < -0.39 is 0 Å². The highest BCUT2D eigenvalue weighted by molar-refractivity contribution is 6.30. The predicted molar refractivity (Wildman–Crippen MR) is 54.5 cm³/mol. The monoisotopic (exact) mass is 194 g/mol. The Hall–Kier alpha value is -1.04. The third-order valence-corrected chi connectivity index (χ3v) is 1.77. The second-order valence-corrected chi connectivity index (χ2v) is 2.99. The van der Waals surface area contributed by atoms with E-state index in [0.717, 1.165) is 11.3 Å². The van der Waals surface area contributed by atoms with Gasteiger partial charge in [-0.2, -0.15) is 0 Å². The smallest absolute Gasteiger partial charge is 0.144 e. The summed E-state index contributed by atoms with van der Waals surface area (Å²) in [5.74, 6) is 5.83. The van der Waals surface area contributed by atoms with E-state index in [2.05, 4.69) is 16.8 Å². The van der Waals surface area contributed by atoms with Crippen LogP contribution in [0.25, 0.3) is 0 Å². The molecule has 2 N–H and O–H groups in total. The van der Waals surface area contributed by atoms with Crippen LogP contribution in [0.1, 0.15) is 17.7 Å². The van der Waals surface area contributed by atoms with Crippen molar-refractivity contribution in [3.63, 3.8) is 0 Å². The molecule has 0 bridgehead atoms. The van der Waals surface area contributed by atoms with E-state index in [1.54, 1.807) is 0 Å². The number of halogens is 1. The van der Waals surface area contributed by atoms with Gasteiger partial charge < -0.3 is 5.73 Å². The first-order valence-corrected chi connectivity index (χ1v) is 4.44. The van der Waals surface area contributed by atoms with Crippen molar-refractivity contribution in [3.05, 3.63) is 28.5 Å². The normalized spacial score (nSPS) is 9.15. The molecular formula is C10H11ClN2. The Bertz CT molecular complexity index is 350. The van der Waals surface area contributed by atoms with E-state index >= 15 is 0 Å². The highest BCUT2D eigenvalue weighted by Gasteiger charge is 1.96. The van der Waals surface area contributed by atoms with Crippen molar-refractivity contribution in [2.24, 2.45) is 5.73 Å². The van der Waals surface area contributed by atoms with Crippen LogP contribution >= 0.6 is 11.6 Å². The fourth-order valence-electron chi connectivity index (χ4n) is 0.848. The van der Waals surface area contributed by atoms with Crippen LogP contribution in [0.3, 0.4) is 0 Å². The molecule has 2 nitrogen and oxygen atoms in total. The minimum atomic E-state index is 0.463. The Morgan fingerprint density at radius 2 is 2.31 bits per heavy atom. The van der Waals surface area contributed by atoms with Crippen LogP contribution < -0.4 is 5.73 Å². The minimum Gasteiger partial charge on any atom is -0.330 e. The van der Waals surface area contributed by atoms with Gasteiger partial charge in [0.25, 0.3) is 0 Å². The molecule has 0 spiro atoms. The van der Waals surface area contributed by atoms with Crippen molar-refractivity contribution in [3.8, 4) is 11.8 Å². The van der Waals surface area contributed by atoms with E-state index in [1.165, 1.54) is 0 Å². The van der Waals surface area contributed by atoms with Gasteiger partial charge in [-0.25, -0.2) is 4.98 Å². The molecule has 0 aliphatic rings.